The Kier molecular flexibility index (Phi) is 4.76. The Labute approximate surface area is 127 Å². The average Bonchev–Trinajstić information content (AvgIpc) is 2.48. The summed E-state index contributed by atoms with van der Waals surface area (Å²) >= 11 is 0. The van der Waals surface area contributed by atoms with Crippen LogP contribution in [0.3, 0.4) is 0 Å². The van der Waals surface area contributed by atoms with Gasteiger partial charge in [0.05, 0.1) is 7.11 Å². The maximum absolute atomic E-state index is 12.0. The molecule has 0 radical (unpaired) electrons. The number of nitrogens with one attached hydrogen (secondary N) is 1. The Morgan fingerprint density at radius 2 is 1.86 bits per heavy atom. The molecule has 0 atom stereocenters. The second kappa shape index (κ2) is 6.37. The molecule has 21 heavy (non-hydrogen) atoms. The summed E-state index contributed by atoms with van der Waals surface area (Å²) < 4.78 is 5.15. The minimum Gasteiger partial charge on any atom is -0.497 e. The van der Waals surface area contributed by atoms with Gasteiger partial charge in [-0.05, 0) is 61.8 Å². The van der Waals surface area contributed by atoms with E-state index in [1.54, 1.807) is 7.11 Å². The van der Waals surface area contributed by atoms with E-state index in [9.17, 15) is 4.79 Å². The van der Waals surface area contributed by atoms with Crippen LogP contribution in [0, 0.1) is 11.8 Å². The molecule has 1 aliphatic carbocycles. The number of hydrogen-bond acceptors (Lipinski definition) is 3. The number of hydrogen-bond donors (Lipinski definition) is 2. The van der Waals surface area contributed by atoms with E-state index in [2.05, 4.69) is 19.2 Å². The lowest BCUT2D eigenvalue weighted by molar-refractivity contribution is -0.123. The smallest absolute Gasteiger partial charge is 0.243 e. The fraction of sp³-hybridized carbons (Fsp3) is 0.588. The second-order valence-electron chi connectivity index (χ2n) is 6.38. The highest BCUT2D eigenvalue weighted by molar-refractivity contribution is 5.88. The number of carbonyl (C=O) groups is 1. The van der Waals surface area contributed by atoms with Crippen LogP contribution in [0.1, 0.15) is 39.5 Å². The number of primary amides is 1. The highest BCUT2D eigenvalue weighted by Crippen LogP contribution is 2.38. The molecule has 1 aromatic carbocycles. The number of anilines is 1. The summed E-state index contributed by atoms with van der Waals surface area (Å²) in [4.78, 5) is 12.0. The third-order valence-corrected chi connectivity index (χ3v) is 4.77. The van der Waals surface area contributed by atoms with Crippen LogP contribution in [-0.2, 0) is 4.79 Å². The van der Waals surface area contributed by atoms with E-state index >= 15 is 0 Å². The number of carbonyl (C=O) groups excluding carboxylic acids is 1. The van der Waals surface area contributed by atoms with Gasteiger partial charge in [-0.1, -0.05) is 13.8 Å². The first-order chi connectivity index (χ1) is 9.97. The van der Waals surface area contributed by atoms with Crippen molar-refractivity contribution in [1.82, 2.24) is 0 Å². The molecule has 0 unspecified atom stereocenters. The molecular formula is C17H26N2O2. The zero-order valence-electron chi connectivity index (χ0n) is 13.2. The van der Waals surface area contributed by atoms with Crippen molar-refractivity contribution in [2.75, 3.05) is 12.4 Å². The number of nitrogens with two attached hydrogens (primary N) is 1. The topological polar surface area (TPSA) is 64.3 Å². The predicted octanol–water partition coefficient (Wildman–Crippen LogP) is 3.18. The van der Waals surface area contributed by atoms with Crippen molar-refractivity contribution in [2.45, 2.75) is 45.1 Å². The molecule has 1 amide bonds. The molecule has 0 bridgehead atoms. The van der Waals surface area contributed by atoms with E-state index in [1.807, 2.05) is 24.3 Å². The summed E-state index contributed by atoms with van der Waals surface area (Å²) in [6.45, 7) is 4.50. The van der Waals surface area contributed by atoms with E-state index in [0.29, 0.717) is 11.8 Å². The Hall–Kier alpha value is -1.71. The van der Waals surface area contributed by atoms with Crippen LogP contribution in [0.15, 0.2) is 24.3 Å². The molecule has 1 aliphatic rings. The van der Waals surface area contributed by atoms with Gasteiger partial charge in [-0.3, -0.25) is 4.79 Å². The Morgan fingerprint density at radius 1 is 1.29 bits per heavy atom. The maximum atomic E-state index is 12.0. The quantitative estimate of drug-likeness (QED) is 0.875. The molecule has 0 saturated heterocycles. The zero-order valence-corrected chi connectivity index (χ0v) is 13.2. The SMILES string of the molecule is COc1ccc(NC2(C(N)=O)CCC(C(C)C)CC2)cc1. The number of methoxy groups -OCH3 is 1. The summed E-state index contributed by atoms with van der Waals surface area (Å²) in [5.41, 5.74) is 6.00. The van der Waals surface area contributed by atoms with E-state index in [-0.39, 0.29) is 5.91 Å². The number of benzene rings is 1. The molecule has 3 N–H and O–H groups in total. The molecule has 0 aliphatic heterocycles. The fourth-order valence-corrected chi connectivity index (χ4v) is 3.18. The lowest BCUT2D eigenvalue weighted by Gasteiger charge is -2.40. The number of rotatable bonds is 5. The van der Waals surface area contributed by atoms with Crippen LogP contribution in [0.2, 0.25) is 0 Å². The summed E-state index contributed by atoms with van der Waals surface area (Å²) in [7, 11) is 1.64. The van der Waals surface area contributed by atoms with Crippen molar-refractivity contribution >= 4 is 11.6 Å². The second-order valence-corrected chi connectivity index (χ2v) is 6.38. The highest BCUT2D eigenvalue weighted by atomic mass is 16.5. The van der Waals surface area contributed by atoms with Gasteiger partial charge in [0.1, 0.15) is 11.3 Å². The number of amides is 1. The van der Waals surface area contributed by atoms with E-state index in [1.165, 1.54) is 0 Å². The lowest BCUT2D eigenvalue weighted by atomic mass is 9.72. The zero-order chi connectivity index (χ0) is 15.5. The summed E-state index contributed by atoms with van der Waals surface area (Å²) in [5.74, 6) is 1.91. The van der Waals surface area contributed by atoms with Crippen molar-refractivity contribution < 1.29 is 9.53 Å². The van der Waals surface area contributed by atoms with Crippen LogP contribution in [0.4, 0.5) is 5.69 Å². The standard InChI is InChI=1S/C17H26N2O2/c1-12(2)13-8-10-17(11-9-13,16(18)20)19-14-4-6-15(21-3)7-5-14/h4-7,12-13,19H,8-11H2,1-3H3,(H2,18,20). The Bertz CT molecular complexity index is 474. The summed E-state index contributed by atoms with van der Waals surface area (Å²) in [6, 6.07) is 7.63. The summed E-state index contributed by atoms with van der Waals surface area (Å²) in [6.07, 6.45) is 3.70. The van der Waals surface area contributed by atoms with E-state index in [4.69, 9.17) is 10.5 Å². The van der Waals surface area contributed by atoms with Crippen molar-refractivity contribution in [2.24, 2.45) is 17.6 Å². The Balaban J connectivity index is 2.10. The van der Waals surface area contributed by atoms with Gasteiger partial charge in [-0.2, -0.15) is 0 Å². The highest BCUT2D eigenvalue weighted by Gasteiger charge is 2.40. The van der Waals surface area contributed by atoms with Crippen molar-refractivity contribution in [1.29, 1.82) is 0 Å². The van der Waals surface area contributed by atoms with Crippen LogP contribution in [0.25, 0.3) is 0 Å². The average molecular weight is 290 g/mol. The van der Waals surface area contributed by atoms with E-state index < -0.39 is 5.54 Å². The van der Waals surface area contributed by atoms with Gasteiger partial charge < -0.3 is 15.8 Å². The Morgan fingerprint density at radius 3 is 2.29 bits per heavy atom. The van der Waals surface area contributed by atoms with E-state index in [0.717, 1.165) is 37.1 Å². The van der Waals surface area contributed by atoms with Crippen LogP contribution in [-0.4, -0.2) is 18.6 Å². The number of ether oxygens (including phenoxy) is 1. The van der Waals surface area contributed by atoms with Crippen molar-refractivity contribution in [3.8, 4) is 5.75 Å². The molecule has 116 valence electrons. The molecule has 1 fully saturated rings. The molecular weight excluding hydrogens is 264 g/mol. The van der Waals surface area contributed by atoms with Crippen LogP contribution < -0.4 is 15.8 Å². The first-order valence-electron chi connectivity index (χ1n) is 7.69. The third kappa shape index (κ3) is 3.49. The largest absolute Gasteiger partial charge is 0.497 e. The van der Waals surface area contributed by atoms with Crippen LogP contribution >= 0.6 is 0 Å². The first kappa shape index (κ1) is 15.7. The minimum atomic E-state index is -0.611. The van der Waals surface area contributed by atoms with Gasteiger partial charge in [0.15, 0.2) is 0 Å². The third-order valence-electron chi connectivity index (χ3n) is 4.77. The summed E-state index contributed by atoms with van der Waals surface area (Å²) in [5, 5.41) is 3.37. The van der Waals surface area contributed by atoms with Gasteiger partial charge in [-0.15, -0.1) is 0 Å². The molecule has 1 aromatic rings. The van der Waals surface area contributed by atoms with Crippen molar-refractivity contribution in [3.05, 3.63) is 24.3 Å². The minimum absolute atomic E-state index is 0.250. The lowest BCUT2D eigenvalue weighted by Crippen LogP contribution is -2.53. The van der Waals surface area contributed by atoms with Crippen LogP contribution in [0.5, 0.6) is 5.75 Å². The van der Waals surface area contributed by atoms with Gasteiger partial charge in [0, 0.05) is 5.69 Å². The predicted molar refractivity (Wildman–Crippen MR) is 85.3 cm³/mol. The van der Waals surface area contributed by atoms with Gasteiger partial charge in [0.2, 0.25) is 5.91 Å². The normalized spacial score (nSPS) is 25.6. The monoisotopic (exact) mass is 290 g/mol. The maximum Gasteiger partial charge on any atom is 0.243 e. The molecule has 0 spiro atoms. The fourth-order valence-electron chi connectivity index (χ4n) is 3.18. The molecule has 2 rings (SSSR count). The first-order valence-corrected chi connectivity index (χ1v) is 7.69. The molecule has 1 saturated carbocycles. The van der Waals surface area contributed by atoms with Gasteiger partial charge in [-0.25, -0.2) is 0 Å². The molecule has 0 aromatic heterocycles. The van der Waals surface area contributed by atoms with Gasteiger partial charge in [0.25, 0.3) is 0 Å². The molecule has 0 heterocycles. The molecule has 4 nitrogen and oxygen atoms in total. The van der Waals surface area contributed by atoms with Gasteiger partial charge >= 0.3 is 0 Å². The molecule has 4 heteroatoms. The van der Waals surface area contributed by atoms with Crippen molar-refractivity contribution in [3.63, 3.8) is 0 Å².